The molecule has 228 valence electrons. The summed E-state index contributed by atoms with van der Waals surface area (Å²) in [5.41, 5.74) is 16.4. The molecule has 2 unspecified atom stereocenters. The average Bonchev–Trinajstić information content (AvgIpc) is 2.88. The molecule has 5 amide bonds. The van der Waals surface area contributed by atoms with Crippen molar-refractivity contribution < 1.29 is 41.8 Å². The van der Waals surface area contributed by atoms with Gasteiger partial charge in [0.1, 0.15) is 23.9 Å². The molecule has 6 atom stereocenters. The molecule has 0 saturated heterocycles. The van der Waals surface area contributed by atoms with Gasteiger partial charge in [-0.3, -0.25) is 34.1 Å². The van der Waals surface area contributed by atoms with Gasteiger partial charge in [0.05, 0.1) is 25.3 Å². The van der Waals surface area contributed by atoms with Crippen molar-refractivity contribution in [1.29, 1.82) is 0 Å². The number of aliphatic hydroxyl groups excluding tert-OH is 2. The SMILES string of the molecule is CC[C@H](C)[C@H](NC(=O)[C@H](CO)NC(=O)C(N)CCCCNC(=O)CCC(N[C@@H](CO)C(N)=O)C(C)=O)C(N)=O.[HH].[HH]. The zero-order valence-corrected chi connectivity index (χ0v) is 22.9. The first-order chi connectivity index (χ1) is 18.3. The molecule has 0 aliphatic rings. The molecular formula is C24H49N7O8. The van der Waals surface area contributed by atoms with Crippen LogP contribution in [0.1, 0.15) is 62.1 Å². The van der Waals surface area contributed by atoms with Gasteiger partial charge in [-0.25, -0.2) is 0 Å². The van der Waals surface area contributed by atoms with Crippen molar-refractivity contribution in [3.63, 3.8) is 0 Å². The summed E-state index contributed by atoms with van der Waals surface area (Å²) >= 11 is 0. The van der Waals surface area contributed by atoms with Gasteiger partial charge in [0.15, 0.2) is 0 Å². The number of unbranched alkanes of at least 4 members (excludes halogenated alkanes) is 1. The zero-order valence-electron chi connectivity index (χ0n) is 22.9. The maximum atomic E-state index is 12.4. The topological polar surface area (TPSA) is 269 Å². The van der Waals surface area contributed by atoms with Crippen LogP contribution in [0.25, 0.3) is 0 Å². The number of primary amides is 2. The third-order valence-corrected chi connectivity index (χ3v) is 6.31. The number of nitrogens with one attached hydrogen (secondary N) is 4. The molecule has 39 heavy (non-hydrogen) atoms. The second-order valence-corrected chi connectivity index (χ2v) is 9.48. The Labute approximate surface area is 231 Å². The largest absolute Gasteiger partial charge is 0.394 e. The van der Waals surface area contributed by atoms with Crippen LogP contribution in [0.2, 0.25) is 0 Å². The smallest absolute Gasteiger partial charge is 0.245 e. The number of Topliss-reactive ketones (excluding diaryl/α,β-unsaturated/α-hetero) is 1. The van der Waals surface area contributed by atoms with Crippen LogP contribution in [0.4, 0.5) is 0 Å². The number of carbonyl (C=O) groups excluding carboxylic acids is 6. The molecule has 0 radical (unpaired) electrons. The predicted octanol–water partition coefficient (Wildman–Crippen LogP) is -3.24. The van der Waals surface area contributed by atoms with Gasteiger partial charge >= 0.3 is 0 Å². The molecule has 0 heterocycles. The monoisotopic (exact) mass is 563 g/mol. The van der Waals surface area contributed by atoms with Gasteiger partial charge in [-0.05, 0) is 38.5 Å². The van der Waals surface area contributed by atoms with E-state index in [1.165, 1.54) is 6.92 Å². The molecule has 15 heteroatoms. The normalized spacial score (nSPS) is 15.6. The molecule has 0 aromatic heterocycles. The van der Waals surface area contributed by atoms with E-state index in [1.807, 2.05) is 6.92 Å². The molecule has 0 saturated carbocycles. The van der Waals surface area contributed by atoms with Crippen LogP contribution in [-0.2, 0) is 28.8 Å². The fourth-order valence-corrected chi connectivity index (χ4v) is 3.54. The van der Waals surface area contributed by atoms with Gasteiger partial charge in [0, 0.05) is 15.8 Å². The lowest BCUT2D eigenvalue weighted by molar-refractivity contribution is -0.133. The van der Waals surface area contributed by atoms with Crippen LogP contribution < -0.4 is 38.5 Å². The maximum Gasteiger partial charge on any atom is 0.245 e. The molecule has 0 rings (SSSR count). The van der Waals surface area contributed by atoms with E-state index in [2.05, 4.69) is 21.3 Å². The van der Waals surface area contributed by atoms with E-state index in [1.54, 1.807) is 6.92 Å². The van der Waals surface area contributed by atoms with Gasteiger partial charge < -0.3 is 43.4 Å². The summed E-state index contributed by atoms with van der Waals surface area (Å²) < 4.78 is 0. The first kappa shape index (κ1) is 35.9. The molecule has 0 bridgehead atoms. The molecule has 0 spiro atoms. The summed E-state index contributed by atoms with van der Waals surface area (Å²) in [5, 5.41) is 28.8. The van der Waals surface area contributed by atoms with Crippen LogP contribution in [0, 0.1) is 5.92 Å². The number of hydrogen-bond acceptors (Lipinski definition) is 10. The molecule has 0 aliphatic heterocycles. The molecule has 0 fully saturated rings. The van der Waals surface area contributed by atoms with E-state index in [4.69, 9.17) is 22.3 Å². The first-order valence-corrected chi connectivity index (χ1v) is 13.0. The van der Waals surface area contributed by atoms with Crippen molar-refractivity contribution in [2.24, 2.45) is 23.1 Å². The van der Waals surface area contributed by atoms with Gasteiger partial charge in [-0.1, -0.05) is 20.3 Å². The molecule has 0 aliphatic carbocycles. The highest BCUT2D eigenvalue weighted by Gasteiger charge is 2.29. The highest BCUT2D eigenvalue weighted by atomic mass is 16.3. The predicted molar refractivity (Wildman–Crippen MR) is 146 cm³/mol. The Bertz CT molecular complexity index is 853. The number of hydrogen-bond donors (Lipinski definition) is 9. The minimum absolute atomic E-state index is 0. The fraction of sp³-hybridized carbons (Fsp3) is 0.750. The molecule has 0 aromatic rings. The number of amides is 5. The van der Waals surface area contributed by atoms with Crippen LogP contribution in [-0.4, -0.2) is 95.5 Å². The van der Waals surface area contributed by atoms with Crippen molar-refractivity contribution in [1.82, 2.24) is 21.3 Å². The number of carbonyl (C=O) groups is 6. The van der Waals surface area contributed by atoms with Crippen molar-refractivity contribution in [2.45, 2.75) is 89.5 Å². The molecule has 15 nitrogen and oxygen atoms in total. The van der Waals surface area contributed by atoms with Crippen LogP contribution in [0.3, 0.4) is 0 Å². The summed E-state index contributed by atoms with van der Waals surface area (Å²) in [6.07, 6.45) is 1.88. The third kappa shape index (κ3) is 14.0. The Kier molecular flexibility index (Phi) is 17.5. The van der Waals surface area contributed by atoms with E-state index in [9.17, 15) is 33.9 Å². The van der Waals surface area contributed by atoms with E-state index >= 15 is 0 Å². The van der Waals surface area contributed by atoms with Gasteiger partial charge in [-0.15, -0.1) is 0 Å². The highest BCUT2D eigenvalue weighted by Crippen LogP contribution is 2.08. The van der Waals surface area contributed by atoms with Gasteiger partial charge in [-0.2, -0.15) is 0 Å². The summed E-state index contributed by atoms with van der Waals surface area (Å²) in [5.74, 6) is -3.82. The Morgan fingerprint density at radius 3 is 1.95 bits per heavy atom. The molecule has 12 N–H and O–H groups in total. The Balaban J connectivity index is -0.00000722. The number of aliphatic hydroxyl groups is 2. The van der Waals surface area contributed by atoms with E-state index in [0.717, 1.165) is 0 Å². The maximum absolute atomic E-state index is 12.4. The second-order valence-electron chi connectivity index (χ2n) is 9.48. The van der Waals surface area contributed by atoms with Crippen molar-refractivity contribution >= 4 is 35.3 Å². The first-order valence-electron chi connectivity index (χ1n) is 13.0. The van der Waals surface area contributed by atoms with Crippen LogP contribution in [0.5, 0.6) is 0 Å². The standard InChI is InChI=1S/C24H45N7O8.2H2/c1-4-13(2)20(22(27)37)31-24(39)18(12-33)30-23(38)15(25)7-5-6-10-28-19(35)9-8-16(14(3)34)29-17(11-32)21(26)36;;/h13,15-18,20,29,32-33H,4-12,25H2,1-3H3,(H2,26,36)(H2,27,37)(H,28,35)(H,30,38)(H,31,39);2*1H/t13-,15?,16?,17-,18-,20-;;/m0../s1. The Morgan fingerprint density at radius 2 is 1.46 bits per heavy atom. The lowest BCUT2D eigenvalue weighted by atomic mass is 9.98. The average molecular weight is 564 g/mol. The quantitative estimate of drug-likeness (QED) is 0.0629. The number of nitrogens with two attached hydrogens (primary N) is 3. The second kappa shape index (κ2) is 19.0. The summed E-state index contributed by atoms with van der Waals surface area (Å²) in [6, 6.07) is -5.15. The van der Waals surface area contributed by atoms with Crippen LogP contribution >= 0.6 is 0 Å². The van der Waals surface area contributed by atoms with E-state index in [0.29, 0.717) is 19.3 Å². The lowest BCUT2D eigenvalue weighted by Gasteiger charge is -2.24. The van der Waals surface area contributed by atoms with Crippen molar-refractivity contribution in [3.05, 3.63) is 0 Å². The summed E-state index contributed by atoms with van der Waals surface area (Å²) in [4.78, 5) is 71.5. The lowest BCUT2D eigenvalue weighted by Crippen LogP contribution is -2.57. The van der Waals surface area contributed by atoms with Gasteiger partial charge in [0.25, 0.3) is 0 Å². The van der Waals surface area contributed by atoms with Gasteiger partial charge in [0.2, 0.25) is 29.5 Å². The summed E-state index contributed by atoms with van der Waals surface area (Å²) in [7, 11) is 0. The molecule has 0 aromatic carbocycles. The molecular weight excluding hydrogens is 514 g/mol. The Morgan fingerprint density at radius 1 is 0.846 bits per heavy atom. The third-order valence-electron chi connectivity index (χ3n) is 6.31. The Hall–Kier alpha value is -3.14. The van der Waals surface area contributed by atoms with Crippen LogP contribution in [0.15, 0.2) is 0 Å². The highest BCUT2D eigenvalue weighted by molar-refractivity contribution is 5.92. The van der Waals surface area contributed by atoms with E-state index in [-0.39, 0.29) is 46.3 Å². The fourth-order valence-electron chi connectivity index (χ4n) is 3.54. The van der Waals surface area contributed by atoms with Crippen molar-refractivity contribution in [3.8, 4) is 0 Å². The minimum atomic E-state index is -1.31. The zero-order chi connectivity index (χ0) is 30.1. The minimum Gasteiger partial charge on any atom is -0.394 e. The summed E-state index contributed by atoms with van der Waals surface area (Å²) in [6.45, 7) is 3.87. The number of rotatable bonds is 21. The number of ketones is 1. The van der Waals surface area contributed by atoms with E-state index < -0.39 is 67.1 Å². The van der Waals surface area contributed by atoms with Crippen molar-refractivity contribution in [2.75, 3.05) is 19.8 Å².